The molecule has 1 aliphatic rings. The SMILES string of the molecule is O=CC1=CCC(c2ccc(OC(F)(F)F)cc2)C=C1OCCCS. The lowest BCUT2D eigenvalue weighted by Gasteiger charge is -2.20. The van der Waals surface area contributed by atoms with Crippen molar-refractivity contribution in [3.05, 3.63) is 53.3 Å². The van der Waals surface area contributed by atoms with Crippen LogP contribution in [-0.4, -0.2) is 25.0 Å². The van der Waals surface area contributed by atoms with E-state index in [1.165, 1.54) is 12.1 Å². The summed E-state index contributed by atoms with van der Waals surface area (Å²) >= 11 is 4.10. The molecule has 1 aliphatic carbocycles. The molecule has 7 heteroatoms. The molecule has 1 unspecified atom stereocenters. The third-order valence-electron chi connectivity index (χ3n) is 3.46. The molecular weight excluding hydrogens is 341 g/mol. The number of halogens is 3. The van der Waals surface area contributed by atoms with Crippen molar-refractivity contribution in [3.8, 4) is 5.75 Å². The number of carbonyl (C=O) groups excluding carboxylic acids is 1. The van der Waals surface area contributed by atoms with Crippen molar-refractivity contribution in [1.29, 1.82) is 0 Å². The first-order valence-electron chi connectivity index (χ1n) is 7.40. The number of hydrogen-bond donors (Lipinski definition) is 1. The number of thiol groups is 1. The number of aldehydes is 1. The topological polar surface area (TPSA) is 35.5 Å². The van der Waals surface area contributed by atoms with Crippen LogP contribution >= 0.6 is 12.6 Å². The van der Waals surface area contributed by atoms with Crippen molar-refractivity contribution < 1.29 is 27.4 Å². The van der Waals surface area contributed by atoms with E-state index in [1.54, 1.807) is 18.2 Å². The second kappa shape index (κ2) is 8.28. The zero-order valence-corrected chi connectivity index (χ0v) is 13.6. The number of ether oxygens (including phenoxy) is 2. The summed E-state index contributed by atoms with van der Waals surface area (Å²) in [4.78, 5) is 11.1. The minimum atomic E-state index is -4.71. The number of benzene rings is 1. The van der Waals surface area contributed by atoms with Crippen molar-refractivity contribution in [1.82, 2.24) is 0 Å². The maximum atomic E-state index is 12.2. The Bertz CT molecular complexity index is 621. The van der Waals surface area contributed by atoms with Crippen LogP contribution in [0.1, 0.15) is 24.3 Å². The fraction of sp³-hybridized carbons (Fsp3) is 0.353. The summed E-state index contributed by atoms with van der Waals surface area (Å²) in [5.74, 6) is 0.844. The summed E-state index contributed by atoms with van der Waals surface area (Å²) in [5.41, 5.74) is 1.31. The molecule has 1 aromatic carbocycles. The van der Waals surface area contributed by atoms with Gasteiger partial charge in [-0.05, 0) is 42.4 Å². The molecule has 0 heterocycles. The number of allylic oxidation sites excluding steroid dienone is 3. The smallest absolute Gasteiger partial charge is 0.493 e. The van der Waals surface area contributed by atoms with Crippen LogP contribution in [0.4, 0.5) is 13.2 Å². The first kappa shape index (κ1) is 18.4. The third kappa shape index (κ3) is 5.33. The van der Waals surface area contributed by atoms with E-state index in [0.717, 1.165) is 18.3 Å². The van der Waals surface area contributed by atoms with E-state index in [9.17, 15) is 18.0 Å². The van der Waals surface area contributed by atoms with Crippen molar-refractivity contribution in [2.45, 2.75) is 25.1 Å². The molecule has 1 aromatic rings. The van der Waals surface area contributed by atoms with Gasteiger partial charge in [0.25, 0.3) is 0 Å². The highest BCUT2D eigenvalue weighted by Crippen LogP contribution is 2.32. The van der Waals surface area contributed by atoms with E-state index in [0.29, 0.717) is 30.1 Å². The predicted molar refractivity (Wildman–Crippen MR) is 87.1 cm³/mol. The summed E-state index contributed by atoms with van der Waals surface area (Å²) in [6.07, 6.45) is 0.953. The molecule has 0 spiro atoms. The second-order valence-electron chi connectivity index (χ2n) is 5.19. The molecule has 1 atom stereocenters. The molecule has 0 aliphatic heterocycles. The zero-order valence-electron chi connectivity index (χ0n) is 12.8. The highest BCUT2D eigenvalue weighted by atomic mass is 32.1. The van der Waals surface area contributed by atoms with Gasteiger partial charge in [-0.15, -0.1) is 13.2 Å². The van der Waals surface area contributed by atoms with Crippen molar-refractivity contribution in [3.63, 3.8) is 0 Å². The van der Waals surface area contributed by atoms with Gasteiger partial charge in [-0.1, -0.05) is 18.2 Å². The first-order valence-corrected chi connectivity index (χ1v) is 8.03. The summed E-state index contributed by atoms with van der Waals surface area (Å²) in [6.45, 7) is 0.450. The monoisotopic (exact) mass is 358 g/mol. The first-order chi connectivity index (χ1) is 11.4. The van der Waals surface area contributed by atoms with Crippen LogP contribution in [0.5, 0.6) is 5.75 Å². The van der Waals surface area contributed by atoms with Crippen molar-refractivity contribution in [2.24, 2.45) is 0 Å². The van der Waals surface area contributed by atoms with Gasteiger partial charge in [0.05, 0.1) is 12.2 Å². The Balaban J connectivity index is 2.10. The molecule has 0 fully saturated rings. The van der Waals surface area contributed by atoms with Gasteiger partial charge in [0.2, 0.25) is 0 Å². The van der Waals surface area contributed by atoms with Crippen LogP contribution in [-0.2, 0) is 9.53 Å². The van der Waals surface area contributed by atoms with Crippen LogP contribution in [0.2, 0.25) is 0 Å². The summed E-state index contributed by atoms with van der Waals surface area (Å²) in [7, 11) is 0. The van der Waals surface area contributed by atoms with Crippen LogP contribution in [0.15, 0.2) is 47.7 Å². The molecule has 0 saturated carbocycles. The maximum absolute atomic E-state index is 12.2. The van der Waals surface area contributed by atoms with Crippen molar-refractivity contribution >= 4 is 18.9 Å². The normalized spacial score (nSPS) is 17.8. The molecule has 2 rings (SSSR count). The second-order valence-corrected chi connectivity index (χ2v) is 5.64. The molecular formula is C17H17F3O3S. The standard InChI is InChI=1S/C17H17F3O3S/c18-17(19,20)23-15-6-4-12(5-7-15)13-2-3-14(11-21)16(10-13)22-8-1-9-24/h3-7,10-11,13,24H,1-2,8-9H2. The largest absolute Gasteiger partial charge is 0.573 e. The Morgan fingerprint density at radius 2 is 1.96 bits per heavy atom. The van der Waals surface area contributed by atoms with Crippen LogP contribution in [0, 0.1) is 0 Å². The Kier molecular flexibility index (Phi) is 6.36. The lowest BCUT2D eigenvalue weighted by atomic mass is 9.89. The predicted octanol–water partition coefficient (Wildman–Crippen LogP) is 4.42. The van der Waals surface area contributed by atoms with Crippen LogP contribution in [0.25, 0.3) is 0 Å². The van der Waals surface area contributed by atoms with Crippen LogP contribution < -0.4 is 4.74 Å². The lowest BCUT2D eigenvalue weighted by molar-refractivity contribution is -0.274. The van der Waals surface area contributed by atoms with Gasteiger partial charge < -0.3 is 9.47 Å². The van der Waals surface area contributed by atoms with Crippen molar-refractivity contribution in [2.75, 3.05) is 12.4 Å². The molecule has 0 N–H and O–H groups in total. The average molecular weight is 358 g/mol. The van der Waals surface area contributed by atoms with Gasteiger partial charge in [-0.2, -0.15) is 12.6 Å². The Labute approximate surface area is 143 Å². The molecule has 0 amide bonds. The van der Waals surface area contributed by atoms with Gasteiger partial charge in [0.15, 0.2) is 6.29 Å². The number of rotatable bonds is 7. The van der Waals surface area contributed by atoms with E-state index >= 15 is 0 Å². The Hall–Kier alpha value is -1.89. The van der Waals surface area contributed by atoms with Gasteiger partial charge in [-0.3, -0.25) is 4.79 Å². The van der Waals surface area contributed by atoms with E-state index in [-0.39, 0.29) is 11.7 Å². The molecule has 0 aromatic heterocycles. The zero-order chi connectivity index (χ0) is 17.6. The van der Waals surface area contributed by atoms with E-state index < -0.39 is 6.36 Å². The highest BCUT2D eigenvalue weighted by molar-refractivity contribution is 7.80. The minimum Gasteiger partial charge on any atom is -0.493 e. The summed E-state index contributed by atoms with van der Waals surface area (Å²) in [6, 6.07) is 5.70. The van der Waals surface area contributed by atoms with Crippen LogP contribution in [0.3, 0.4) is 0 Å². The fourth-order valence-electron chi connectivity index (χ4n) is 2.33. The lowest BCUT2D eigenvalue weighted by Crippen LogP contribution is -2.17. The van der Waals surface area contributed by atoms with E-state index in [4.69, 9.17) is 4.74 Å². The van der Waals surface area contributed by atoms with E-state index in [2.05, 4.69) is 17.4 Å². The Morgan fingerprint density at radius 3 is 2.54 bits per heavy atom. The van der Waals surface area contributed by atoms with Gasteiger partial charge in [0.1, 0.15) is 11.5 Å². The molecule has 3 nitrogen and oxygen atoms in total. The Morgan fingerprint density at radius 1 is 1.25 bits per heavy atom. The fourth-order valence-corrected chi connectivity index (χ4v) is 2.46. The van der Waals surface area contributed by atoms with Gasteiger partial charge in [0, 0.05) is 5.92 Å². The summed E-state index contributed by atoms with van der Waals surface area (Å²) in [5, 5.41) is 0. The molecule has 24 heavy (non-hydrogen) atoms. The number of alkyl halides is 3. The molecule has 0 saturated heterocycles. The number of carbonyl (C=O) groups is 1. The molecule has 0 radical (unpaired) electrons. The minimum absolute atomic E-state index is 0.0698. The number of hydrogen-bond acceptors (Lipinski definition) is 4. The van der Waals surface area contributed by atoms with E-state index in [1.807, 2.05) is 6.08 Å². The van der Waals surface area contributed by atoms with Gasteiger partial charge in [-0.25, -0.2) is 0 Å². The molecule has 0 bridgehead atoms. The maximum Gasteiger partial charge on any atom is 0.573 e. The summed E-state index contributed by atoms with van der Waals surface area (Å²) < 4.78 is 46.0. The average Bonchev–Trinajstić information content (AvgIpc) is 2.54. The van der Waals surface area contributed by atoms with Gasteiger partial charge >= 0.3 is 6.36 Å². The quantitative estimate of drug-likeness (QED) is 0.445. The highest BCUT2D eigenvalue weighted by Gasteiger charge is 2.31. The molecule has 130 valence electrons. The third-order valence-corrected chi connectivity index (χ3v) is 3.77.